The lowest BCUT2D eigenvalue weighted by molar-refractivity contribution is -0.126. The zero-order chi connectivity index (χ0) is 18.6. The molecule has 0 aromatic heterocycles. The molecule has 4 nitrogen and oxygen atoms in total. The summed E-state index contributed by atoms with van der Waals surface area (Å²) in [5.74, 6) is -0.167. The van der Waals surface area contributed by atoms with Crippen LogP contribution < -0.4 is 0 Å². The average Bonchev–Trinajstić information content (AvgIpc) is 2.59. The number of nitrogens with zero attached hydrogens (tertiary/aromatic N) is 1. The molecule has 0 heterocycles. The van der Waals surface area contributed by atoms with Crippen molar-refractivity contribution in [3.05, 3.63) is 70.8 Å². The highest BCUT2D eigenvalue weighted by atomic mass is 35.5. The fraction of sp³-hybridized carbons (Fsp3) is 0.211. The summed E-state index contributed by atoms with van der Waals surface area (Å²) in [7, 11) is -1.53. The van der Waals surface area contributed by atoms with E-state index in [0.29, 0.717) is 5.02 Å². The quantitative estimate of drug-likeness (QED) is 0.740. The highest BCUT2D eigenvalue weighted by molar-refractivity contribution is 7.90. The minimum atomic E-state index is -3.23. The molecule has 1 unspecified atom stereocenters. The predicted molar refractivity (Wildman–Crippen MR) is 101 cm³/mol. The number of halogens is 1. The molecule has 0 bridgehead atoms. The first-order chi connectivity index (χ1) is 11.7. The predicted octanol–water partition coefficient (Wildman–Crippen LogP) is 3.98. The summed E-state index contributed by atoms with van der Waals surface area (Å²) >= 11 is 6.07. The van der Waals surface area contributed by atoms with Crippen LogP contribution in [0.1, 0.15) is 24.1 Å². The van der Waals surface area contributed by atoms with Crippen molar-refractivity contribution in [3.63, 3.8) is 0 Å². The van der Waals surface area contributed by atoms with Crippen molar-refractivity contribution < 1.29 is 13.2 Å². The highest BCUT2D eigenvalue weighted by Crippen LogP contribution is 2.22. The van der Waals surface area contributed by atoms with Gasteiger partial charge in [0.05, 0.1) is 10.9 Å². The summed E-state index contributed by atoms with van der Waals surface area (Å²) in [4.78, 5) is 14.2. The normalized spacial score (nSPS) is 13.0. The Kier molecular flexibility index (Phi) is 6.03. The number of sulfone groups is 1. The van der Waals surface area contributed by atoms with Gasteiger partial charge in [-0.1, -0.05) is 41.9 Å². The number of likely N-dealkylation sites (N-methyl/N-ethyl adjacent to an activating group) is 1. The topological polar surface area (TPSA) is 54.5 Å². The molecule has 0 saturated carbocycles. The first-order valence-electron chi connectivity index (χ1n) is 7.69. The molecule has 2 rings (SSSR count). The molecule has 132 valence electrons. The van der Waals surface area contributed by atoms with Crippen LogP contribution in [-0.4, -0.2) is 32.5 Å². The van der Waals surface area contributed by atoms with Crippen molar-refractivity contribution in [1.82, 2.24) is 4.90 Å². The number of amides is 1. The van der Waals surface area contributed by atoms with Crippen molar-refractivity contribution >= 4 is 33.4 Å². The van der Waals surface area contributed by atoms with E-state index in [1.165, 1.54) is 12.3 Å². The Bertz CT molecular complexity index is 889. The van der Waals surface area contributed by atoms with Gasteiger partial charge in [-0.05, 0) is 42.3 Å². The Morgan fingerprint density at radius 1 is 1.12 bits per heavy atom. The Morgan fingerprint density at radius 3 is 2.28 bits per heavy atom. The lowest BCUT2D eigenvalue weighted by atomic mass is 10.1. The van der Waals surface area contributed by atoms with E-state index in [-0.39, 0.29) is 16.8 Å². The van der Waals surface area contributed by atoms with Gasteiger partial charge in [0.25, 0.3) is 0 Å². The van der Waals surface area contributed by atoms with E-state index < -0.39 is 9.84 Å². The minimum absolute atomic E-state index is 0.167. The first-order valence-corrected chi connectivity index (χ1v) is 9.96. The van der Waals surface area contributed by atoms with Crippen LogP contribution >= 0.6 is 11.6 Å². The van der Waals surface area contributed by atoms with E-state index in [1.54, 1.807) is 48.4 Å². The molecule has 0 aliphatic heterocycles. The van der Waals surface area contributed by atoms with Crippen molar-refractivity contribution in [3.8, 4) is 0 Å². The average molecular weight is 378 g/mol. The monoisotopic (exact) mass is 377 g/mol. The number of carbonyl (C=O) groups excluding carboxylic acids is 1. The van der Waals surface area contributed by atoms with Gasteiger partial charge in [0.1, 0.15) is 0 Å². The van der Waals surface area contributed by atoms with Gasteiger partial charge in [0.15, 0.2) is 9.84 Å². The summed E-state index contributed by atoms with van der Waals surface area (Å²) < 4.78 is 23.0. The van der Waals surface area contributed by atoms with Gasteiger partial charge in [-0.3, -0.25) is 4.79 Å². The molecule has 0 aliphatic rings. The van der Waals surface area contributed by atoms with Crippen LogP contribution in [0.25, 0.3) is 6.08 Å². The molecule has 0 N–H and O–H groups in total. The van der Waals surface area contributed by atoms with Gasteiger partial charge >= 0.3 is 0 Å². The van der Waals surface area contributed by atoms with E-state index in [2.05, 4.69) is 0 Å². The fourth-order valence-corrected chi connectivity index (χ4v) is 3.13. The van der Waals surface area contributed by atoms with E-state index in [9.17, 15) is 13.2 Å². The maximum atomic E-state index is 12.4. The van der Waals surface area contributed by atoms with Gasteiger partial charge < -0.3 is 4.90 Å². The molecule has 0 saturated heterocycles. The lowest BCUT2D eigenvalue weighted by Gasteiger charge is -2.24. The second-order valence-electron chi connectivity index (χ2n) is 5.82. The molecule has 2 aromatic carbocycles. The van der Waals surface area contributed by atoms with E-state index >= 15 is 0 Å². The third-order valence-electron chi connectivity index (χ3n) is 4.03. The zero-order valence-corrected chi connectivity index (χ0v) is 15.9. The lowest BCUT2D eigenvalue weighted by Crippen LogP contribution is -2.28. The molecule has 1 atom stereocenters. The third-order valence-corrected chi connectivity index (χ3v) is 5.50. The molecular weight excluding hydrogens is 358 g/mol. The standard InChI is InChI=1S/C19H20ClNO3S/c1-14(15-8-11-17(12-9-15)25(3,23)24)21(2)19(22)13-10-16-6-4-5-7-18(16)20/h4-14H,1-3H3/b13-10+. The minimum Gasteiger partial charge on any atom is -0.335 e. The van der Waals surface area contributed by atoms with Crippen LogP contribution in [0.3, 0.4) is 0 Å². The van der Waals surface area contributed by atoms with Gasteiger partial charge in [-0.25, -0.2) is 8.42 Å². The molecular formula is C19H20ClNO3S. The molecule has 25 heavy (non-hydrogen) atoms. The van der Waals surface area contributed by atoms with Crippen LogP contribution in [0.2, 0.25) is 5.02 Å². The number of hydrogen-bond acceptors (Lipinski definition) is 3. The first kappa shape index (κ1) is 19.2. The molecule has 1 amide bonds. The second kappa shape index (κ2) is 7.85. The maximum absolute atomic E-state index is 12.4. The summed E-state index contributed by atoms with van der Waals surface area (Å²) in [5.41, 5.74) is 1.63. The smallest absolute Gasteiger partial charge is 0.246 e. The third kappa shape index (κ3) is 4.94. The largest absolute Gasteiger partial charge is 0.335 e. The number of hydrogen-bond donors (Lipinski definition) is 0. The zero-order valence-electron chi connectivity index (χ0n) is 14.3. The van der Waals surface area contributed by atoms with Crippen molar-refractivity contribution in [1.29, 1.82) is 0 Å². The van der Waals surface area contributed by atoms with Crippen LogP contribution in [0.4, 0.5) is 0 Å². The number of benzene rings is 2. The second-order valence-corrected chi connectivity index (χ2v) is 8.24. The van der Waals surface area contributed by atoms with Gasteiger partial charge in [0.2, 0.25) is 5.91 Å². The number of carbonyl (C=O) groups is 1. The van der Waals surface area contributed by atoms with E-state index in [1.807, 2.05) is 25.1 Å². The molecule has 0 fully saturated rings. The van der Waals surface area contributed by atoms with Gasteiger partial charge in [-0.2, -0.15) is 0 Å². The summed E-state index contributed by atoms with van der Waals surface area (Å²) in [6, 6.07) is 13.6. The Labute approximate surface area is 153 Å². The van der Waals surface area contributed by atoms with Crippen LogP contribution in [0.5, 0.6) is 0 Å². The molecule has 6 heteroatoms. The van der Waals surface area contributed by atoms with Crippen LogP contribution in [-0.2, 0) is 14.6 Å². The van der Waals surface area contributed by atoms with Gasteiger partial charge in [0, 0.05) is 24.4 Å². The van der Waals surface area contributed by atoms with Crippen LogP contribution in [0, 0.1) is 0 Å². The van der Waals surface area contributed by atoms with Crippen LogP contribution in [0.15, 0.2) is 59.5 Å². The Hall–Kier alpha value is -2.11. The molecule has 2 aromatic rings. The number of rotatable bonds is 5. The summed E-state index contributed by atoms with van der Waals surface area (Å²) in [6.45, 7) is 1.89. The van der Waals surface area contributed by atoms with E-state index in [4.69, 9.17) is 11.6 Å². The SMILES string of the molecule is CC(c1ccc(S(C)(=O)=O)cc1)N(C)C(=O)/C=C/c1ccccc1Cl. The molecule has 0 aliphatic carbocycles. The highest BCUT2D eigenvalue weighted by Gasteiger charge is 2.16. The van der Waals surface area contributed by atoms with Crippen molar-refractivity contribution in [2.24, 2.45) is 0 Å². The maximum Gasteiger partial charge on any atom is 0.246 e. The van der Waals surface area contributed by atoms with Gasteiger partial charge in [-0.15, -0.1) is 0 Å². The molecule has 0 radical (unpaired) electrons. The fourth-order valence-electron chi connectivity index (χ4n) is 2.30. The summed E-state index contributed by atoms with van der Waals surface area (Å²) in [5, 5.41) is 0.582. The summed E-state index contributed by atoms with van der Waals surface area (Å²) in [6.07, 6.45) is 4.32. The van der Waals surface area contributed by atoms with E-state index in [0.717, 1.165) is 11.1 Å². The Balaban J connectivity index is 2.12. The van der Waals surface area contributed by atoms with Crippen molar-refractivity contribution in [2.75, 3.05) is 13.3 Å². The molecule has 0 spiro atoms. The van der Waals surface area contributed by atoms with Crippen molar-refractivity contribution in [2.45, 2.75) is 17.9 Å². The Morgan fingerprint density at radius 2 is 1.72 bits per heavy atom.